The summed E-state index contributed by atoms with van der Waals surface area (Å²) in [7, 11) is 2.10. The van der Waals surface area contributed by atoms with Gasteiger partial charge in [0.2, 0.25) is 11.4 Å². The molecule has 1 unspecified atom stereocenters. The van der Waals surface area contributed by atoms with E-state index in [0.717, 1.165) is 54.0 Å². The van der Waals surface area contributed by atoms with Crippen molar-refractivity contribution in [1.29, 1.82) is 0 Å². The van der Waals surface area contributed by atoms with Gasteiger partial charge in [-0.05, 0) is 34.7 Å². The van der Waals surface area contributed by atoms with E-state index >= 15 is 4.39 Å². The van der Waals surface area contributed by atoms with E-state index in [9.17, 15) is 0 Å². The van der Waals surface area contributed by atoms with Crippen LogP contribution in [0.3, 0.4) is 0 Å². The number of halogens is 1. The molecule has 1 atom stereocenters. The van der Waals surface area contributed by atoms with Gasteiger partial charge in [0.1, 0.15) is 18.6 Å². The van der Waals surface area contributed by atoms with E-state index in [0.29, 0.717) is 0 Å². The van der Waals surface area contributed by atoms with Gasteiger partial charge in [-0.1, -0.05) is 72.7 Å². The Hall–Kier alpha value is -3.86. The largest absolute Gasteiger partial charge is 0.258 e. The first-order chi connectivity index (χ1) is 20.9. The zero-order valence-corrected chi connectivity index (χ0v) is 27.5. The summed E-state index contributed by atoms with van der Waals surface area (Å²) in [4.78, 5) is 0. The Morgan fingerprint density at radius 3 is 2.45 bits per heavy atom. The second kappa shape index (κ2) is 9.82. The highest BCUT2D eigenvalue weighted by molar-refractivity contribution is 6.01. The Kier molecular flexibility index (Phi) is 6.45. The molecule has 226 valence electrons. The van der Waals surface area contributed by atoms with Gasteiger partial charge >= 0.3 is 0 Å². The molecule has 5 heteroatoms. The van der Waals surface area contributed by atoms with Crippen LogP contribution in [0, 0.1) is 5.82 Å². The topological polar surface area (TPSA) is 25.6 Å². The van der Waals surface area contributed by atoms with Crippen molar-refractivity contribution in [3.63, 3.8) is 0 Å². The fraction of sp³-hybridized carbons (Fsp3) is 0.410. The van der Waals surface area contributed by atoms with Crippen molar-refractivity contribution in [2.75, 3.05) is 0 Å². The normalized spacial score (nSPS) is 18.0. The summed E-state index contributed by atoms with van der Waals surface area (Å²) in [6.07, 6.45) is 7.33. The van der Waals surface area contributed by atoms with Gasteiger partial charge in [-0.3, -0.25) is 4.68 Å². The average molecular weight is 589 g/mol. The molecule has 7 rings (SSSR count). The molecule has 0 spiro atoms. The predicted octanol–water partition coefficient (Wildman–Crippen LogP) is 8.26. The maximum atomic E-state index is 16.3. The molecule has 0 fully saturated rings. The predicted molar refractivity (Wildman–Crippen MR) is 175 cm³/mol. The second-order valence-electron chi connectivity index (χ2n) is 14.7. The van der Waals surface area contributed by atoms with E-state index in [1.807, 2.05) is 0 Å². The molecule has 4 heterocycles. The number of aromatic nitrogens is 4. The van der Waals surface area contributed by atoms with Crippen LogP contribution >= 0.6 is 0 Å². The lowest BCUT2D eigenvalue weighted by Gasteiger charge is -2.35. The molecule has 44 heavy (non-hydrogen) atoms. The van der Waals surface area contributed by atoms with E-state index in [1.165, 1.54) is 27.6 Å². The molecule has 1 aliphatic carbocycles. The maximum absolute atomic E-state index is 16.3. The Balaban J connectivity index is 1.53. The summed E-state index contributed by atoms with van der Waals surface area (Å²) in [5, 5.41) is 7.80. The molecule has 4 nitrogen and oxygen atoms in total. The number of aryl methyl sites for hydroxylation is 1. The first kappa shape index (κ1) is 28.9. The van der Waals surface area contributed by atoms with Crippen molar-refractivity contribution in [2.24, 2.45) is 7.05 Å². The summed E-state index contributed by atoms with van der Waals surface area (Å²) in [6.45, 7) is 16.5. The smallest absolute Gasteiger partial charge is 0.230 e. The molecule has 0 N–H and O–H groups in total. The quantitative estimate of drug-likeness (QED) is 0.190. The molecule has 0 amide bonds. The van der Waals surface area contributed by atoms with Crippen molar-refractivity contribution in [3.8, 4) is 22.6 Å². The van der Waals surface area contributed by atoms with Crippen molar-refractivity contribution in [3.05, 3.63) is 101 Å². The van der Waals surface area contributed by atoms with Gasteiger partial charge in [0.15, 0.2) is 17.9 Å². The highest BCUT2D eigenvalue weighted by Crippen LogP contribution is 2.54. The lowest BCUT2D eigenvalue weighted by molar-refractivity contribution is -0.756. The summed E-state index contributed by atoms with van der Waals surface area (Å²) in [6, 6.07) is 21.3. The van der Waals surface area contributed by atoms with Gasteiger partial charge < -0.3 is 0 Å². The molecular formula is C39H45FN4+2. The fourth-order valence-electron chi connectivity index (χ4n) is 8.26. The van der Waals surface area contributed by atoms with Gasteiger partial charge in [0.25, 0.3) is 0 Å². The van der Waals surface area contributed by atoms with Gasteiger partial charge in [0.05, 0.1) is 16.6 Å². The third kappa shape index (κ3) is 4.04. The average Bonchev–Trinajstić information content (AvgIpc) is 3.37. The van der Waals surface area contributed by atoms with Crippen LogP contribution in [0.1, 0.15) is 96.0 Å². The molecule has 1 aliphatic heterocycles. The fourth-order valence-corrected chi connectivity index (χ4v) is 8.26. The van der Waals surface area contributed by atoms with Crippen LogP contribution in [-0.4, -0.2) is 9.78 Å². The molecular weight excluding hydrogens is 543 g/mol. The highest BCUT2D eigenvalue weighted by atomic mass is 19.1. The Morgan fingerprint density at radius 1 is 0.977 bits per heavy atom. The number of hydrogen-bond donors (Lipinski definition) is 0. The Morgan fingerprint density at radius 2 is 1.75 bits per heavy atom. The van der Waals surface area contributed by atoms with Crippen molar-refractivity contribution < 1.29 is 13.5 Å². The zero-order valence-electron chi connectivity index (χ0n) is 27.5. The minimum absolute atomic E-state index is 0.0894. The molecule has 5 aromatic rings. The lowest BCUT2D eigenvalue weighted by Crippen LogP contribution is -2.57. The molecule has 0 bridgehead atoms. The minimum Gasteiger partial charge on any atom is -0.258 e. The van der Waals surface area contributed by atoms with E-state index in [4.69, 9.17) is 5.10 Å². The summed E-state index contributed by atoms with van der Waals surface area (Å²) in [5.41, 5.74) is 8.24. The number of benzene rings is 2. The molecule has 0 saturated carbocycles. The SMILES string of the molecule is CCC1(CC)CC(Cn2nc(C(C)(C)C)cc2-c2cccc[n+]2C)c2ccc(F)c3c2-c2c4c(cccc4cc[n+]21)C3(C)C. The Bertz CT molecular complexity index is 1940. The summed E-state index contributed by atoms with van der Waals surface area (Å²) < 4.78 is 23.2. The second-order valence-corrected chi connectivity index (χ2v) is 14.7. The van der Waals surface area contributed by atoms with Crippen LogP contribution in [0.4, 0.5) is 4.39 Å². The number of pyridine rings is 2. The van der Waals surface area contributed by atoms with E-state index in [1.54, 1.807) is 6.07 Å². The lowest BCUT2D eigenvalue weighted by atomic mass is 9.67. The molecule has 0 radical (unpaired) electrons. The first-order valence-electron chi connectivity index (χ1n) is 16.3. The third-order valence-electron chi connectivity index (χ3n) is 10.9. The number of nitrogens with zero attached hydrogens (tertiary/aromatic N) is 4. The maximum Gasteiger partial charge on any atom is 0.230 e. The van der Waals surface area contributed by atoms with Crippen LogP contribution in [0.2, 0.25) is 0 Å². The molecule has 3 aromatic heterocycles. The summed E-state index contributed by atoms with van der Waals surface area (Å²) >= 11 is 0. The number of rotatable bonds is 5. The van der Waals surface area contributed by atoms with Crippen molar-refractivity contribution >= 4 is 10.8 Å². The van der Waals surface area contributed by atoms with E-state index in [2.05, 4.69) is 136 Å². The summed E-state index contributed by atoms with van der Waals surface area (Å²) in [5.74, 6) is 0.0258. The van der Waals surface area contributed by atoms with Crippen LogP contribution < -0.4 is 9.13 Å². The standard InChI is InChI=1S/C39H45FN4/c1-9-39(10-2)23-26(24-44-31(22-32(41-44)37(3,4)5)30-16-11-12-20-42(30)8)27-17-18-29(40)35-34(27)36-33-25(19-21-43(36)39)14-13-15-28(33)38(35,6)7/h11-22,26H,9-10,23-24H2,1-8H3/q+2. The van der Waals surface area contributed by atoms with Crippen molar-refractivity contribution in [2.45, 2.75) is 96.6 Å². The minimum atomic E-state index is -0.467. The van der Waals surface area contributed by atoms with E-state index in [-0.39, 0.29) is 22.7 Å². The van der Waals surface area contributed by atoms with Gasteiger partial charge in [0, 0.05) is 66.3 Å². The number of hydrogen-bond acceptors (Lipinski definition) is 1. The van der Waals surface area contributed by atoms with Gasteiger partial charge in [-0.15, -0.1) is 0 Å². The Labute approximate surface area is 261 Å². The first-order valence-corrected chi connectivity index (χ1v) is 16.3. The van der Waals surface area contributed by atoms with Crippen LogP contribution in [-0.2, 0) is 30.0 Å². The van der Waals surface area contributed by atoms with E-state index < -0.39 is 5.41 Å². The van der Waals surface area contributed by atoms with Gasteiger partial charge in [-0.2, -0.15) is 14.2 Å². The third-order valence-corrected chi connectivity index (χ3v) is 10.9. The van der Waals surface area contributed by atoms with Crippen LogP contribution in [0.5, 0.6) is 0 Å². The van der Waals surface area contributed by atoms with Gasteiger partial charge in [-0.25, -0.2) is 4.39 Å². The molecule has 2 aliphatic rings. The monoisotopic (exact) mass is 588 g/mol. The molecule has 0 saturated heterocycles. The van der Waals surface area contributed by atoms with Crippen LogP contribution in [0.15, 0.2) is 73.1 Å². The molecule has 2 aromatic carbocycles. The van der Waals surface area contributed by atoms with Crippen molar-refractivity contribution in [1.82, 2.24) is 9.78 Å². The zero-order chi connectivity index (χ0) is 31.2. The highest BCUT2D eigenvalue weighted by Gasteiger charge is 2.50. The van der Waals surface area contributed by atoms with Crippen LogP contribution in [0.25, 0.3) is 33.4 Å².